The van der Waals surface area contributed by atoms with Crippen molar-refractivity contribution in [3.63, 3.8) is 0 Å². The molecule has 1 nitrogen and oxygen atoms in total. The van der Waals surface area contributed by atoms with Crippen LogP contribution in [0.25, 0.3) is 0 Å². The SMILES string of the molecule is CC(Cl)CCCc1ccncc1Cl. The van der Waals surface area contributed by atoms with Crippen molar-refractivity contribution in [3.05, 3.63) is 29.0 Å². The van der Waals surface area contributed by atoms with E-state index in [9.17, 15) is 0 Å². The van der Waals surface area contributed by atoms with Crippen LogP contribution in [0.15, 0.2) is 18.5 Å². The molecule has 0 saturated carbocycles. The van der Waals surface area contributed by atoms with E-state index in [-0.39, 0.29) is 5.38 Å². The summed E-state index contributed by atoms with van der Waals surface area (Å²) in [6, 6.07) is 1.96. The Bertz CT molecular complexity index is 261. The van der Waals surface area contributed by atoms with Gasteiger partial charge in [0.25, 0.3) is 0 Å². The molecule has 0 bridgehead atoms. The summed E-state index contributed by atoms with van der Waals surface area (Å²) in [7, 11) is 0. The highest BCUT2D eigenvalue weighted by Crippen LogP contribution is 2.17. The Morgan fingerprint density at radius 3 is 2.92 bits per heavy atom. The van der Waals surface area contributed by atoms with Gasteiger partial charge in [-0.15, -0.1) is 11.6 Å². The fourth-order valence-corrected chi connectivity index (χ4v) is 1.55. The second kappa shape index (κ2) is 5.46. The highest BCUT2D eigenvalue weighted by atomic mass is 35.5. The molecular weight excluding hydrogens is 205 g/mol. The quantitative estimate of drug-likeness (QED) is 0.702. The number of alkyl halides is 1. The Morgan fingerprint density at radius 2 is 2.31 bits per heavy atom. The third kappa shape index (κ3) is 3.97. The summed E-state index contributed by atoms with van der Waals surface area (Å²) in [6.07, 6.45) is 6.54. The molecule has 0 aliphatic heterocycles. The first kappa shape index (κ1) is 10.8. The lowest BCUT2D eigenvalue weighted by molar-refractivity contribution is 0.723. The lowest BCUT2D eigenvalue weighted by atomic mass is 10.1. The van der Waals surface area contributed by atoms with Crippen LogP contribution in [0.1, 0.15) is 25.3 Å². The van der Waals surface area contributed by atoms with Crippen molar-refractivity contribution >= 4 is 23.2 Å². The van der Waals surface area contributed by atoms with E-state index < -0.39 is 0 Å². The minimum Gasteiger partial charge on any atom is -0.263 e. The minimum atomic E-state index is 0.251. The van der Waals surface area contributed by atoms with Crippen LogP contribution in [0.4, 0.5) is 0 Å². The Morgan fingerprint density at radius 1 is 1.54 bits per heavy atom. The molecule has 0 saturated heterocycles. The first-order valence-electron chi connectivity index (χ1n) is 4.42. The van der Waals surface area contributed by atoms with Crippen molar-refractivity contribution in [2.45, 2.75) is 31.6 Å². The third-order valence-corrected chi connectivity index (χ3v) is 2.46. The summed E-state index contributed by atoms with van der Waals surface area (Å²) in [6.45, 7) is 2.01. The molecule has 0 N–H and O–H groups in total. The van der Waals surface area contributed by atoms with E-state index in [1.165, 1.54) is 0 Å². The molecule has 1 aromatic rings. The molecule has 1 unspecified atom stereocenters. The first-order valence-corrected chi connectivity index (χ1v) is 5.24. The van der Waals surface area contributed by atoms with Gasteiger partial charge in [0, 0.05) is 17.8 Å². The van der Waals surface area contributed by atoms with Gasteiger partial charge in [-0.1, -0.05) is 11.6 Å². The van der Waals surface area contributed by atoms with Crippen molar-refractivity contribution in [3.8, 4) is 0 Å². The number of halogens is 2. The van der Waals surface area contributed by atoms with Crippen LogP contribution in [-0.2, 0) is 6.42 Å². The van der Waals surface area contributed by atoms with Gasteiger partial charge in [-0.2, -0.15) is 0 Å². The van der Waals surface area contributed by atoms with E-state index in [1.807, 2.05) is 13.0 Å². The van der Waals surface area contributed by atoms with Crippen molar-refractivity contribution in [1.82, 2.24) is 4.98 Å². The van der Waals surface area contributed by atoms with E-state index in [0.717, 1.165) is 29.8 Å². The van der Waals surface area contributed by atoms with Gasteiger partial charge in [0.05, 0.1) is 5.02 Å². The highest BCUT2D eigenvalue weighted by molar-refractivity contribution is 6.31. The van der Waals surface area contributed by atoms with Crippen molar-refractivity contribution in [1.29, 1.82) is 0 Å². The Kier molecular flexibility index (Phi) is 4.54. The molecular formula is C10H13Cl2N. The third-order valence-electron chi connectivity index (χ3n) is 1.90. The van der Waals surface area contributed by atoms with Crippen LogP contribution < -0.4 is 0 Å². The summed E-state index contributed by atoms with van der Waals surface area (Å²) in [5, 5.41) is 1.00. The molecule has 0 spiro atoms. The van der Waals surface area contributed by atoms with Crippen LogP contribution in [-0.4, -0.2) is 10.4 Å². The summed E-state index contributed by atoms with van der Waals surface area (Å²) >= 11 is 11.8. The molecule has 0 amide bonds. The monoisotopic (exact) mass is 217 g/mol. The van der Waals surface area contributed by atoms with Gasteiger partial charge in [-0.05, 0) is 37.8 Å². The summed E-state index contributed by atoms with van der Waals surface area (Å²) < 4.78 is 0. The number of hydrogen-bond donors (Lipinski definition) is 0. The van der Waals surface area contributed by atoms with Gasteiger partial charge < -0.3 is 0 Å². The second-order valence-corrected chi connectivity index (χ2v) is 4.29. The fraction of sp³-hybridized carbons (Fsp3) is 0.500. The minimum absolute atomic E-state index is 0.251. The highest BCUT2D eigenvalue weighted by Gasteiger charge is 2.01. The maximum Gasteiger partial charge on any atom is 0.0621 e. The molecule has 1 rings (SSSR count). The van der Waals surface area contributed by atoms with Gasteiger partial charge in [-0.3, -0.25) is 4.98 Å². The van der Waals surface area contributed by atoms with Crippen molar-refractivity contribution < 1.29 is 0 Å². The van der Waals surface area contributed by atoms with Crippen LogP contribution >= 0.6 is 23.2 Å². The Labute approximate surface area is 89.1 Å². The predicted molar refractivity (Wildman–Crippen MR) is 57.5 cm³/mol. The average Bonchev–Trinajstić information content (AvgIpc) is 2.08. The number of rotatable bonds is 4. The van der Waals surface area contributed by atoms with Crippen LogP contribution in [0, 0.1) is 0 Å². The van der Waals surface area contributed by atoms with E-state index in [1.54, 1.807) is 12.4 Å². The summed E-state index contributed by atoms with van der Waals surface area (Å²) in [4.78, 5) is 3.93. The number of nitrogens with zero attached hydrogens (tertiary/aromatic N) is 1. The molecule has 0 fully saturated rings. The predicted octanol–water partition coefficient (Wildman–Crippen LogP) is 3.69. The van der Waals surface area contributed by atoms with Crippen LogP contribution in [0.3, 0.4) is 0 Å². The summed E-state index contributed by atoms with van der Waals surface area (Å²) in [5.74, 6) is 0. The largest absolute Gasteiger partial charge is 0.263 e. The van der Waals surface area contributed by atoms with Crippen molar-refractivity contribution in [2.24, 2.45) is 0 Å². The molecule has 3 heteroatoms. The standard InChI is InChI=1S/C10H13Cl2N/c1-8(11)3-2-4-9-5-6-13-7-10(9)12/h5-8H,2-4H2,1H3. The lowest BCUT2D eigenvalue weighted by Gasteiger charge is -2.04. The van der Waals surface area contributed by atoms with E-state index in [2.05, 4.69) is 4.98 Å². The molecule has 1 aromatic heterocycles. The smallest absolute Gasteiger partial charge is 0.0621 e. The molecule has 72 valence electrons. The van der Waals surface area contributed by atoms with Gasteiger partial charge in [0.1, 0.15) is 0 Å². The number of pyridine rings is 1. The van der Waals surface area contributed by atoms with Crippen LogP contribution in [0.5, 0.6) is 0 Å². The van der Waals surface area contributed by atoms with Crippen molar-refractivity contribution in [2.75, 3.05) is 0 Å². The molecule has 0 aromatic carbocycles. The summed E-state index contributed by atoms with van der Waals surface area (Å²) in [5.41, 5.74) is 1.16. The Hall–Kier alpha value is -0.270. The maximum atomic E-state index is 5.94. The van der Waals surface area contributed by atoms with E-state index in [4.69, 9.17) is 23.2 Å². The van der Waals surface area contributed by atoms with Gasteiger partial charge in [-0.25, -0.2) is 0 Å². The Balaban J connectivity index is 2.41. The van der Waals surface area contributed by atoms with E-state index in [0.29, 0.717) is 0 Å². The normalized spacial score (nSPS) is 12.8. The lowest BCUT2D eigenvalue weighted by Crippen LogP contribution is -1.93. The zero-order chi connectivity index (χ0) is 9.68. The van der Waals surface area contributed by atoms with Crippen LogP contribution in [0.2, 0.25) is 5.02 Å². The topological polar surface area (TPSA) is 12.9 Å². The molecule has 0 radical (unpaired) electrons. The molecule has 1 atom stereocenters. The fourth-order valence-electron chi connectivity index (χ4n) is 1.18. The van der Waals surface area contributed by atoms with Gasteiger partial charge in [0.2, 0.25) is 0 Å². The van der Waals surface area contributed by atoms with Gasteiger partial charge in [0.15, 0.2) is 0 Å². The number of hydrogen-bond acceptors (Lipinski definition) is 1. The average molecular weight is 218 g/mol. The molecule has 0 aliphatic rings. The molecule has 0 aliphatic carbocycles. The first-order chi connectivity index (χ1) is 6.20. The maximum absolute atomic E-state index is 5.94. The molecule has 1 heterocycles. The van der Waals surface area contributed by atoms with E-state index >= 15 is 0 Å². The zero-order valence-corrected chi connectivity index (χ0v) is 9.15. The molecule has 13 heavy (non-hydrogen) atoms. The van der Waals surface area contributed by atoms with Gasteiger partial charge >= 0.3 is 0 Å². The number of aromatic nitrogens is 1. The number of aryl methyl sites for hydroxylation is 1. The zero-order valence-electron chi connectivity index (χ0n) is 7.63. The second-order valence-electron chi connectivity index (χ2n) is 3.14.